The average Bonchev–Trinajstić information content (AvgIpc) is 3.53. The number of nitro benzene ring substituents is 1. The van der Waals surface area contributed by atoms with Crippen LogP contribution in [0.5, 0.6) is 5.75 Å². The van der Waals surface area contributed by atoms with Crippen LogP contribution in [0.15, 0.2) is 83.4 Å². The molecule has 3 heterocycles. The highest BCUT2D eigenvalue weighted by molar-refractivity contribution is 7.92. The fourth-order valence-corrected chi connectivity index (χ4v) is 5.36. The minimum atomic E-state index is -3.52. The van der Waals surface area contributed by atoms with Crippen LogP contribution < -0.4 is 19.7 Å². The SMILES string of the molecule is COc1cc(N2C(=S)N[C@H](c3ccccn3)[C@@H]2c2ccc(-c3ccc([N+](=O)[O-])cc3)o2)ccc1NS(C)(=O)=O. The molecule has 0 amide bonds. The van der Waals surface area contributed by atoms with E-state index in [9.17, 15) is 18.5 Å². The van der Waals surface area contributed by atoms with Crippen molar-refractivity contribution in [3.05, 3.63) is 101 Å². The summed E-state index contributed by atoms with van der Waals surface area (Å²) in [7, 11) is -2.08. The first-order chi connectivity index (χ1) is 18.6. The number of pyridine rings is 1. The summed E-state index contributed by atoms with van der Waals surface area (Å²) in [5.41, 5.74) is 2.33. The zero-order chi connectivity index (χ0) is 27.7. The number of rotatable bonds is 8. The van der Waals surface area contributed by atoms with Gasteiger partial charge in [-0.1, -0.05) is 6.07 Å². The largest absolute Gasteiger partial charge is 0.494 e. The fraction of sp³-hybridized carbons (Fsp3) is 0.154. The summed E-state index contributed by atoms with van der Waals surface area (Å²) in [6, 6.07) is 19.5. The van der Waals surface area contributed by atoms with Gasteiger partial charge in [-0.25, -0.2) is 8.42 Å². The van der Waals surface area contributed by atoms with Crippen molar-refractivity contribution in [2.24, 2.45) is 0 Å². The van der Waals surface area contributed by atoms with Crippen molar-refractivity contribution in [1.29, 1.82) is 0 Å². The number of anilines is 2. The zero-order valence-corrected chi connectivity index (χ0v) is 22.4. The Bertz CT molecular complexity index is 1640. The monoisotopic (exact) mass is 565 g/mol. The second-order valence-corrected chi connectivity index (χ2v) is 10.9. The van der Waals surface area contributed by atoms with E-state index in [0.29, 0.717) is 33.6 Å². The van der Waals surface area contributed by atoms with Gasteiger partial charge in [0.05, 0.1) is 35.7 Å². The number of aromatic nitrogens is 1. The lowest BCUT2D eigenvalue weighted by atomic mass is 10.0. The highest BCUT2D eigenvalue weighted by Crippen LogP contribution is 2.44. The van der Waals surface area contributed by atoms with Gasteiger partial charge in [0.1, 0.15) is 23.3 Å². The average molecular weight is 566 g/mol. The van der Waals surface area contributed by atoms with Crippen molar-refractivity contribution in [2.45, 2.75) is 12.1 Å². The quantitative estimate of drug-likeness (QED) is 0.174. The lowest BCUT2D eigenvalue weighted by Crippen LogP contribution is -2.29. The Hall–Kier alpha value is -4.49. The molecule has 5 rings (SSSR count). The topological polar surface area (TPSA) is 140 Å². The van der Waals surface area contributed by atoms with Crippen LogP contribution in [0, 0.1) is 10.1 Å². The van der Waals surface area contributed by atoms with E-state index in [1.807, 2.05) is 29.2 Å². The number of thiocarbonyl (C=S) groups is 1. The molecule has 39 heavy (non-hydrogen) atoms. The number of non-ortho nitro benzene ring substituents is 1. The molecular weight excluding hydrogens is 542 g/mol. The van der Waals surface area contributed by atoms with Gasteiger partial charge in [0.2, 0.25) is 10.0 Å². The zero-order valence-electron chi connectivity index (χ0n) is 20.8. The minimum absolute atomic E-state index is 0.0139. The maximum atomic E-state index is 11.8. The van der Waals surface area contributed by atoms with E-state index in [1.54, 1.807) is 42.6 Å². The van der Waals surface area contributed by atoms with Gasteiger partial charge < -0.3 is 19.4 Å². The molecule has 0 radical (unpaired) electrons. The summed E-state index contributed by atoms with van der Waals surface area (Å²) in [5, 5.41) is 14.8. The number of hydrogen-bond donors (Lipinski definition) is 2. The minimum Gasteiger partial charge on any atom is -0.494 e. The first-order valence-corrected chi connectivity index (χ1v) is 14.0. The van der Waals surface area contributed by atoms with Gasteiger partial charge in [0.15, 0.2) is 5.11 Å². The van der Waals surface area contributed by atoms with Crippen LogP contribution in [0.3, 0.4) is 0 Å². The number of sulfonamides is 1. The molecule has 1 saturated heterocycles. The van der Waals surface area contributed by atoms with E-state index in [1.165, 1.54) is 19.2 Å². The Morgan fingerprint density at radius 2 is 1.90 bits per heavy atom. The fourth-order valence-electron chi connectivity index (χ4n) is 4.45. The molecule has 0 saturated carbocycles. The van der Waals surface area contributed by atoms with Crippen LogP contribution in [0.25, 0.3) is 11.3 Å². The van der Waals surface area contributed by atoms with Gasteiger partial charge in [0.25, 0.3) is 5.69 Å². The van der Waals surface area contributed by atoms with Gasteiger partial charge in [-0.3, -0.25) is 19.8 Å². The van der Waals surface area contributed by atoms with Crippen molar-refractivity contribution >= 4 is 44.4 Å². The molecule has 1 aliphatic rings. The summed E-state index contributed by atoms with van der Waals surface area (Å²) in [6.07, 6.45) is 2.76. The van der Waals surface area contributed by atoms with Crippen molar-refractivity contribution in [3.8, 4) is 17.1 Å². The Morgan fingerprint density at radius 3 is 2.54 bits per heavy atom. The van der Waals surface area contributed by atoms with Gasteiger partial charge in [-0.2, -0.15) is 0 Å². The molecule has 0 bridgehead atoms. The molecule has 4 aromatic rings. The van der Waals surface area contributed by atoms with Crippen molar-refractivity contribution in [2.75, 3.05) is 23.0 Å². The summed E-state index contributed by atoms with van der Waals surface area (Å²) in [6.45, 7) is 0. The number of nitrogens with zero attached hydrogens (tertiary/aromatic N) is 3. The summed E-state index contributed by atoms with van der Waals surface area (Å²) in [4.78, 5) is 17.0. The van der Waals surface area contributed by atoms with E-state index < -0.39 is 21.0 Å². The Morgan fingerprint density at radius 1 is 1.13 bits per heavy atom. The first kappa shape index (κ1) is 26.1. The first-order valence-electron chi connectivity index (χ1n) is 11.7. The number of ether oxygens (including phenoxy) is 1. The van der Waals surface area contributed by atoms with Crippen LogP contribution in [0.2, 0.25) is 0 Å². The van der Waals surface area contributed by atoms with Crippen molar-refractivity contribution in [3.63, 3.8) is 0 Å². The van der Waals surface area contributed by atoms with Crippen molar-refractivity contribution in [1.82, 2.24) is 10.3 Å². The van der Waals surface area contributed by atoms with Crippen LogP contribution >= 0.6 is 12.2 Å². The number of hydrogen-bond acceptors (Lipinski definition) is 8. The Balaban J connectivity index is 1.57. The van der Waals surface area contributed by atoms with Crippen molar-refractivity contribution < 1.29 is 22.5 Å². The number of nitrogens with one attached hydrogen (secondary N) is 2. The number of nitro groups is 1. The van der Waals surface area contributed by atoms with E-state index in [4.69, 9.17) is 21.4 Å². The molecule has 11 nitrogen and oxygen atoms in total. The molecule has 13 heteroatoms. The number of benzene rings is 2. The predicted octanol–water partition coefficient (Wildman–Crippen LogP) is 4.81. The maximum absolute atomic E-state index is 11.8. The number of methoxy groups -OCH3 is 1. The van der Waals surface area contributed by atoms with E-state index in [0.717, 1.165) is 11.9 Å². The molecule has 2 atom stereocenters. The lowest BCUT2D eigenvalue weighted by Gasteiger charge is -2.26. The molecule has 2 aromatic carbocycles. The maximum Gasteiger partial charge on any atom is 0.269 e. The highest BCUT2D eigenvalue weighted by atomic mass is 32.2. The van der Waals surface area contributed by atoms with Gasteiger partial charge in [-0.05, 0) is 60.7 Å². The third kappa shape index (κ3) is 5.40. The van der Waals surface area contributed by atoms with Gasteiger partial charge in [-0.15, -0.1) is 0 Å². The van der Waals surface area contributed by atoms with Crippen LogP contribution in [0.1, 0.15) is 23.5 Å². The summed E-state index contributed by atoms with van der Waals surface area (Å²) >= 11 is 5.74. The summed E-state index contributed by atoms with van der Waals surface area (Å²) < 4.78 is 37.8. The predicted molar refractivity (Wildman–Crippen MR) is 150 cm³/mol. The molecule has 0 spiro atoms. The second-order valence-electron chi connectivity index (χ2n) is 8.76. The lowest BCUT2D eigenvalue weighted by molar-refractivity contribution is -0.384. The molecule has 1 fully saturated rings. The third-order valence-corrected chi connectivity index (χ3v) is 7.04. The smallest absolute Gasteiger partial charge is 0.269 e. The highest BCUT2D eigenvalue weighted by Gasteiger charge is 2.43. The third-order valence-electron chi connectivity index (χ3n) is 6.14. The van der Waals surface area contributed by atoms with Gasteiger partial charge in [0, 0.05) is 35.6 Å². The Kier molecular flexibility index (Phi) is 6.93. The molecule has 2 N–H and O–H groups in total. The van der Waals surface area contributed by atoms with Crippen LogP contribution in [0.4, 0.5) is 17.1 Å². The molecular formula is C26H23N5O6S2. The van der Waals surface area contributed by atoms with Gasteiger partial charge >= 0.3 is 0 Å². The standard InChI is InChI=1S/C26H23N5O6S2/c1-36-23-15-18(10-11-19(23)29-39(2,34)35)30-25(24(28-26(30)38)20-5-3-4-14-27-20)22-13-12-21(37-22)16-6-8-17(9-7-16)31(32)33/h3-15,24-25,29H,1-2H3,(H,28,38)/t24-,25+/m1/s1. The van der Waals surface area contributed by atoms with Crippen LogP contribution in [-0.4, -0.2) is 36.8 Å². The normalized spacial score (nSPS) is 17.1. The molecule has 0 aliphatic carbocycles. The van der Waals surface area contributed by atoms with Crippen LogP contribution in [-0.2, 0) is 10.0 Å². The molecule has 0 unspecified atom stereocenters. The van der Waals surface area contributed by atoms with E-state index in [2.05, 4.69) is 15.0 Å². The second kappa shape index (κ2) is 10.3. The van der Waals surface area contributed by atoms with E-state index >= 15 is 0 Å². The molecule has 200 valence electrons. The molecule has 1 aliphatic heterocycles. The summed E-state index contributed by atoms with van der Waals surface area (Å²) in [5.74, 6) is 1.41. The Labute approximate surface area is 229 Å². The molecule has 2 aromatic heterocycles. The number of furan rings is 1. The van der Waals surface area contributed by atoms with E-state index in [-0.39, 0.29) is 17.4 Å².